The molecule has 0 bridgehead atoms. The van der Waals surface area contributed by atoms with Gasteiger partial charge in [-0.25, -0.2) is 0 Å². The highest BCUT2D eigenvalue weighted by Gasteiger charge is 2.22. The number of rotatable bonds is 1. The topological polar surface area (TPSA) is 66.9 Å². The molecule has 0 aromatic carbocycles. The van der Waals surface area contributed by atoms with E-state index >= 15 is 0 Å². The van der Waals surface area contributed by atoms with Crippen LogP contribution < -0.4 is 0 Å². The van der Waals surface area contributed by atoms with Crippen LogP contribution in [0, 0.1) is 28.4 Å². The van der Waals surface area contributed by atoms with E-state index < -0.39 is 4.92 Å². The van der Waals surface area contributed by atoms with Crippen molar-refractivity contribution >= 4 is 27.9 Å². The Morgan fingerprint density at radius 3 is 2.58 bits per heavy atom. The lowest BCUT2D eigenvalue weighted by atomic mass is 10.3. The van der Waals surface area contributed by atoms with Gasteiger partial charge in [0.2, 0.25) is 0 Å². The van der Waals surface area contributed by atoms with E-state index in [0.29, 0.717) is 4.88 Å². The summed E-state index contributed by atoms with van der Waals surface area (Å²) in [4.78, 5) is 10.3. The molecule has 1 aromatic rings. The van der Waals surface area contributed by atoms with E-state index in [9.17, 15) is 10.1 Å². The van der Waals surface area contributed by atoms with Gasteiger partial charge in [-0.05, 0) is 6.92 Å². The maximum absolute atomic E-state index is 10.3. The van der Waals surface area contributed by atoms with Crippen LogP contribution in [0.3, 0.4) is 0 Å². The van der Waals surface area contributed by atoms with Crippen LogP contribution in [0.1, 0.15) is 10.4 Å². The summed E-state index contributed by atoms with van der Waals surface area (Å²) in [5, 5.41) is 18.7. The van der Waals surface area contributed by atoms with E-state index in [4.69, 9.17) is 16.9 Å². The maximum Gasteiger partial charge on any atom is 0.344 e. The van der Waals surface area contributed by atoms with Crippen molar-refractivity contribution in [2.24, 2.45) is 0 Å². The Hall–Kier alpha value is -1.12. The van der Waals surface area contributed by atoms with E-state index in [0.717, 1.165) is 11.3 Å². The van der Waals surface area contributed by atoms with Crippen LogP contribution >= 0.6 is 22.9 Å². The zero-order valence-electron chi connectivity index (χ0n) is 6.00. The standard InChI is InChI=1S/C6H3ClN2O2S/c1-3-4(2-8)5(7)6(12-3)9(10)11/h1H3. The lowest BCUT2D eigenvalue weighted by Crippen LogP contribution is -1.83. The summed E-state index contributed by atoms with van der Waals surface area (Å²) in [6.45, 7) is 1.63. The molecule has 62 valence electrons. The Balaban J connectivity index is 3.39. The molecule has 12 heavy (non-hydrogen) atoms. The van der Waals surface area contributed by atoms with Gasteiger partial charge in [0.05, 0.1) is 10.5 Å². The average Bonchev–Trinajstić information content (AvgIpc) is 2.27. The normalized spacial score (nSPS) is 9.42. The third-order valence-corrected chi connectivity index (χ3v) is 2.82. The fourth-order valence-electron chi connectivity index (χ4n) is 0.748. The first-order valence-electron chi connectivity index (χ1n) is 2.91. The molecule has 0 radical (unpaired) electrons. The predicted octanol–water partition coefficient (Wildman–Crippen LogP) is 2.49. The van der Waals surface area contributed by atoms with E-state index in [1.165, 1.54) is 0 Å². The molecular formula is C6H3ClN2O2S. The third kappa shape index (κ3) is 1.26. The van der Waals surface area contributed by atoms with Gasteiger partial charge in [0.25, 0.3) is 0 Å². The van der Waals surface area contributed by atoms with Gasteiger partial charge in [-0.2, -0.15) is 5.26 Å². The second kappa shape index (κ2) is 3.09. The molecule has 0 saturated carbocycles. The van der Waals surface area contributed by atoms with Crippen molar-refractivity contribution in [3.63, 3.8) is 0 Å². The van der Waals surface area contributed by atoms with Crippen LogP contribution in [-0.2, 0) is 0 Å². The number of nitriles is 1. The van der Waals surface area contributed by atoms with Gasteiger partial charge in [0.15, 0.2) is 0 Å². The number of hydrogen-bond donors (Lipinski definition) is 0. The molecule has 0 aliphatic rings. The monoisotopic (exact) mass is 202 g/mol. The Morgan fingerprint density at radius 2 is 2.33 bits per heavy atom. The Morgan fingerprint density at radius 1 is 1.75 bits per heavy atom. The summed E-state index contributed by atoms with van der Waals surface area (Å²) in [6, 6.07) is 1.81. The highest BCUT2D eigenvalue weighted by Crippen LogP contribution is 2.37. The van der Waals surface area contributed by atoms with Crippen LogP contribution in [-0.4, -0.2) is 4.92 Å². The number of hydrogen-bond acceptors (Lipinski definition) is 4. The molecule has 0 aliphatic carbocycles. The predicted molar refractivity (Wildman–Crippen MR) is 45.4 cm³/mol. The molecule has 4 nitrogen and oxygen atoms in total. The van der Waals surface area contributed by atoms with E-state index in [1.807, 2.05) is 6.07 Å². The molecule has 0 unspecified atom stereocenters. The number of halogens is 1. The molecule has 0 spiro atoms. The first kappa shape index (κ1) is 8.97. The largest absolute Gasteiger partial charge is 0.344 e. The summed E-state index contributed by atoms with van der Waals surface area (Å²) in [5.41, 5.74) is 0.202. The van der Waals surface area contributed by atoms with Gasteiger partial charge in [-0.1, -0.05) is 22.9 Å². The molecule has 0 amide bonds. The molecule has 0 atom stereocenters. The zero-order valence-corrected chi connectivity index (χ0v) is 7.57. The van der Waals surface area contributed by atoms with E-state index in [1.54, 1.807) is 6.92 Å². The van der Waals surface area contributed by atoms with E-state index in [-0.39, 0.29) is 15.6 Å². The Labute approximate surface area is 77.2 Å². The summed E-state index contributed by atoms with van der Waals surface area (Å²) in [5.74, 6) is 0. The molecular weight excluding hydrogens is 200 g/mol. The SMILES string of the molecule is Cc1sc([N+](=O)[O-])c(Cl)c1C#N. The van der Waals surface area contributed by atoms with Crippen molar-refractivity contribution in [2.45, 2.75) is 6.92 Å². The van der Waals surface area contributed by atoms with Crippen molar-refractivity contribution in [3.05, 3.63) is 25.6 Å². The van der Waals surface area contributed by atoms with Gasteiger partial charge in [-0.15, -0.1) is 0 Å². The number of aryl methyl sites for hydroxylation is 1. The minimum absolute atomic E-state index is 0.0509. The van der Waals surface area contributed by atoms with Crippen LogP contribution in [0.4, 0.5) is 5.00 Å². The zero-order chi connectivity index (χ0) is 9.30. The lowest BCUT2D eigenvalue weighted by Gasteiger charge is -1.83. The summed E-state index contributed by atoms with van der Waals surface area (Å²) < 4.78 is 0. The van der Waals surface area contributed by atoms with Crippen LogP contribution in [0.25, 0.3) is 0 Å². The minimum Gasteiger partial charge on any atom is -0.257 e. The van der Waals surface area contributed by atoms with Crippen molar-refractivity contribution in [1.29, 1.82) is 5.26 Å². The second-order valence-electron chi connectivity index (χ2n) is 2.02. The lowest BCUT2D eigenvalue weighted by molar-refractivity contribution is -0.380. The second-order valence-corrected chi connectivity index (χ2v) is 3.60. The van der Waals surface area contributed by atoms with Crippen molar-refractivity contribution in [3.8, 4) is 6.07 Å². The Kier molecular flexibility index (Phi) is 2.31. The molecule has 6 heteroatoms. The van der Waals surface area contributed by atoms with Crippen molar-refractivity contribution < 1.29 is 4.92 Å². The summed E-state index contributed by atoms with van der Waals surface area (Å²) in [7, 11) is 0. The van der Waals surface area contributed by atoms with Crippen LogP contribution in [0.2, 0.25) is 5.02 Å². The molecule has 0 aliphatic heterocycles. The fraction of sp³-hybridized carbons (Fsp3) is 0.167. The molecule has 1 heterocycles. The summed E-state index contributed by atoms with van der Waals surface area (Å²) >= 11 is 6.49. The molecule has 1 rings (SSSR count). The van der Waals surface area contributed by atoms with Crippen molar-refractivity contribution in [2.75, 3.05) is 0 Å². The molecule has 0 N–H and O–H groups in total. The maximum atomic E-state index is 10.3. The minimum atomic E-state index is -0.582. The quantitative estimate of drug-likeness (QED) is 0.519. The first-order valence-corrected chi connectivity index (χ1v) is 4.10. The number of thiophene rings is 1. The van der Waals surface area contributed by atoms with Crippen LogP contribution in [0.15, 0.2) is 0 Å². The van der Waals surface area contributed by atoms with Crippen LogP contribution in [0.5, 0.6) is 0 Å². The molecule has 0 saturated heterocycles. The van der Waals surface area contributed by atoms with Gasteiger partial charge >= 0.3 is 5.00 Å². The van der Waals surface area contributed by atoms with Crippen molar-refractivity contribution in [1.82, 2.24) is 0 Å². The molecule has 1 aromatic heterocycles. The smallest absolute Gasteiger partial charge is 0.257 e. The fourth-order valence-corrected chi connectivity index (χ4v) is 1.98. The molecule has 0 fully saturated rings. The van der Waals surface area contributed by atoms with Gasteiger partial charge < -0.3 is 0 Å². The highest BCUT2D eigenvalue weighted by atomic mass is 35.5. The first-order chi connectivity index (χ1) is 5.57. The van der Waals surface area contributed by atoms with Gasteiger partial charge in [0.1, 0.15) is 11.1 Å². The number of nitrogens with zero attached hydrogens (tertiary/aromatic N) is 2. The summed E-state index contributed by atoms with van der Waals surface area (Å²) in [6.07, 6.45) is 0. The van der Waals surface area contributed by atoms with E-state index in [2.05, 4.69) is 0 Å². The highest BCUT2D eigenvalue weighted by molar-refractivity contribution is 7.16. The third-order valence-electron chi connectivity index (χ3n) is 1.29. The Bertz CT molecular complexity index is 380. The van der Waals surface area contributed by atoms with Gasteiger partial charge in [0, 0.05) is 4.88 Å². The number of nitro groups is 1. The average molecular weight is 203 g/mol. The van der Waals surface area contributed by atoms with Gasteiger partial charge in [-0.3, -0.25) is 10.1 Å².